The molecule has 3 nitrogen and oxygen atoms in total. The molecule has 0 aliphatic carbocycles. The Morgan fingerprint density at radius 2 is 1.76 bits per heavy atom. The average Bonchev–Trinajstić information content (AvgIpc) is 3.14. The number of carbonyl (C=O) groups is 2. The van der Waals surface area contributed by atoms with Crippen LogP contribution in [0, 0.1) is 0 Å². The smallest absolute Gasteiger partial charge is 0.255 e. The number of thiophene rings is 1. The molecule has 5 heteroatoms. The molecule has 0 unspecified atom stereocenters. The molecule has 1 amide bonds. The molecule has 1 aromatic heterocycles. The van der Waals surface area contributed by atoms with Gasteiger partial charge in [0.25, 0.3) is 5.91 Å². The minimum atomic E-state index is -0.196. The van der Waals surface area contributed by atoms with Crippen molar-refractivity contribution >= 4 is 50.7 Å². The van der Waals surface area contributed by atoms with Crippen molar-refractivity contribution in [2.45, 2.75) is 0 Å². The van der Waals surface area contributed by atoms with E-state index in [1.165, 1.54) is 0 Å². The first-order valence-electron chi connectivity index (χ1n) is 7.55. The lowest BCUT2D eigenvalue weighted by molar-refractivity contribution is 0.102. The monoisotopic (exact) mass is 411 g/mol. The zero-order valence-corrected chi connectivity index (χ0v) is 15.5. The number of hydrogen-bond acceptors (Lipinski definition) is 3. The van der Waals surface area contributed by atoms with Crippen LogP contribution in [0.25, 0.3) is 6.08 Å². The minimum absolute atomic E-state index is 0.0710. The van der Waals surface area contributed by atoms with Gasteiger partial charge >= 0.3 is 0 Å². The molecule has 0 aliphatic heterocycles. The Bertz CT molecular complexity index is 915. The minimum Gasteiger partial charge on any atom is -0.322 e. The van der Waals surface area contributed by atoms with Gasteiger partial charge in [0, 0.05) is 26.2 Å². The molecule has 0 saturated heterocycles. The number of halogens is 1. The van der Waals surface area contributed by atoms with Gasteiger partial charge in [-0.05, 0) is 66.1 Å². The van der Waals surface area contributed by atoms with E-state index in [2.05, 4.69) is 21.2 Å². The molecule has 2 aromatic carbocycles. The van der Waals surface area contributed by atoms with E-state index in [0.29, 0.717) is 16.8 Å². The molecule has 0 aliphatic rings. The van der Waals surface area contributed by atoms with Gasteiger partial charge in [0.05, 0.1) is 0 Å². The standard InChI is InChI=1S/C20H14BrNO2S/c21-16-4-1-3-15(13-16)20(24)22-17-8-6-14(7-9-17)19(23)11-10-18-5-2-12-25-18/h1-13H,(H,22,24)/b11-10+. The van der Waals surface area contributed by atoms with Crippen LogP contribution in [0.2, 0.25) is 0 Å². The molecule has 3 rings (SSSR count). The van der Waals surface area contributed by atoms with Crippen LogP contribution in [-0.4, -0.2) is 11.7 Å². The summed E-state index contributed by atoms with van der Waals surface area (Å²) in [4.78, 5) is 25.4. The fraction of sp³-hybridized carbons (Fsp3) is 0. The van der Waals surface area contributed by atoms with Crippen molar-refractivity contribution in [1.82, 2.24) is 0 Å². The van der Waals surface area contributed by atoms with Crippen molar-refractivity contribution in [2.24, 2.45) is 0 Å². The topological polar surface area (TPSA) is 46.2 Å². The molecule has 0 atom stereocenters. The van der Waals surface area contributed by atoms with Crippen molar-refractivity contribution in [1.29, 1.82) is 0 Å². The Labute approximate surface area is 158 Å². The van der Waals surface area contributed by atoms with Crippen molar-refractivity contribution in [2.75, 3.05) is 5.32 Å². The Morgan fingerprint density at radius 1 is 0.960 bits per heavy atom. The van der Waals surface area contributed by atoms with Crippen LogP contribution in [0.4, 0.5) is 5.69 Å². The van der Waals surface area contributed by atoms with Gasteiger partial charge in [0.1, 0.15) is 0 Å². The number of nitrogens with one attached hydrogen (secondary N) is 1. The summed E-state index contributed by atoms with van der Waals surface area (Å²) >= 11 is 4.93. The maximum Gasteiger partial charge on any atom is 0.255 e. The lowest BCUT2D eigenvalue weighted by atomic mass is 10.1. The maximum atomic E-state index is 12.2. The number of allylic oxidation sites excluding steroid dienone is 1. The highest BCUT2D eigenvalue weighted by molar-refractivity contribution is 9.10. The van der Waals surface area contributed by atoms with Gasteiger partial charge in [-0.2, -0.15) is 0 Å². The van der Waals surface area contributed by atoms with E-state index in [4.69, 9.17) is 0 Å². The number of amides is 1. The maximum absolute atomic E-state index is 12.2. The quantitative estimate of drug-likeness (QED) is 0.434. The summed E-state index contributed by atoms with van der Waals surface area (Å²) in [6, 6.07) is 17.9. The summed E-state index contributed by atoms with van der Waals surface area (Å²) < 4.78 is 0.846. The zero-order chi connectivity index (χ0) is 17.6. The number of rotatable bonds is 5. The van der Waals surface area contributed by atoms with Gasteiger partial charge in [0.15, 0.2) is 5.78 Å². The highest BCUT2D eigenvalue weighted by Crippen LogP contribution is 2.16. The van der Waals surface area contributed by atoms with E-state index in [0.717, 1.165) is 9.35 Å². The molecule has 1 heterocycles. The lowest BCUT2D eigenvalue weighted by Crippen LogP contribution is -2.11. The predicted octanol–water partition coefficient (Wildman–Crippen LogP) is 5.66. The predicted molar refractivity (Wildman–Crippen MR) is 106 cm³/mol. The van der Waals surface area contributed by atoms with Crippen LogP contribution < -0.4 is 5.32 Å². The second-order valence-electron chi connectivity index (χ2n) is 5.25. The third-order valence-electron chi connectivity index (χ3n) is 3.46. The first kappa shape index (κ1) is 17.3. The van der Waals surface area contributed by atoms with Crippen molar-refractivity contribution in [3.8, 4) is 0 Å². The number of anilines is 1. The molecule has 0 bridgehead atoms. The third kappa shape index (κ3) is 4.75. The van der Waals surface area contributed by atoms with Crippen molar-refractivity contribution in [3.63, 3.8) is 0 Å². The fourth-order valence-corrected chi connectivity index (χ4v) is 3.21. The van der Waals surface area contributed by atoms with E-state index in [-0.39, 0.29) is 11.7 Å². The van der Waals surface area contributed by atoms with Crippen LogP contribution in [0.1, 0.15) is 25.6 Å². The van der Waals surface area contributed by atoms with Crippen LogP contribution in [0.5, 0.6) is 0 Å². The van der Waals surface area contributed by atoms with Crippen molar-refractivity contribution < 1.29 is 9.59 Å². The van der Waals surface area contributed by atoms with E-state index in [9.17, 15) is 9.59 Å². The van der Waals surface area contributed by atoms with E-state index in [1.54, 1.807) is 66.0 Å². The van der Waals surface area contributed by atoms with Crippen LogP contribution >= 0.6 is 27.3 Å². The molecular weight excluding hydrogens is 398 g/mol. The van der Waals surface area contributed by atoms with Gasteiger partial charge < -0.3 is 5.32 Å². The molecule has 124 valence electrons. The number of hydrogen-bond donors (Lipinski definition) is 1. The number of carbonyl (C=O) groups excluding carboxylic acids is 2. The van der Waals surface area contributed by atoms with Crippen LogP contribution in [0.3, 0.4) is 0 Å². The van der Waals surface area contributed by atoms with Gasteiger partial charge in [-0.3, -0.25) is 9.59 Å². The third-order valence-corrected chi connectivity index (χ3v) is 4.79. The summed E-state index contributed by atoms with van der Waals surface area (Å²) in [7, 11) is 0. The van der Waals surface area contributed by atoms with Gasteiger partial charge in [-0.25, -0.2) is 0 Å². The molecule has 25 heavy (non-hydrogen) atoms. The van der Waals surface area contributed by atoms with Crippen LogP contribution in [-0.2, 0) is 0 Å². The van der Waals surface area contributed by atoms with E-state index in [1.807, 2.05) is 23.6 Å². The second-order valence-corrected chi connectivity index (χ2v) is 7.15. The highest BCUT2D eigenvalue weighted by atomic mass is 79.9. The number of benzene rings is 2. The Balaban J connectivity index is 1.65. The van der Waals surface area contributed by atoms with Gasteiger partial charge in [0.2, 0.25) is 0 Å². The Hall–Kier alpha value is -2.50. The summed E-state index contributed by atoms with van der Waals surface area (Å²) in [5, 5.41) is 4.78. The second kappa shape index (κ2) is 8.05. The average molecular weight is 412 g/mol. The molecule has 0 radical (unpaired) electrons. The van der Waals surface area contributed by atoms with Gasteiger partial charge in [-0.1, -0.05) is 28.1 Å². The normalized spacial score (nSPS) is 10.8. The summed E-state index contributed by atoms with van der Waals surface area (Å²) in [6.45, 7) is 0. The first-order valence-corrected chi connectivity index (χ1v) is 9.22. The summed E-state index contributed by atoms with van der Waals surface area (Å²) in [5.74, 6) is -0.267. The molecule has 0 spiro atoms. The molecule has 0 saturated carbocycles. The van der Waals surface area contributed by atoms with E-state index < -0.39 is 0 Å². The highest BCUT2D eigenvalue weighted by Gasteiger charge is 2.07. The fourth-order valence-electron chi connectivity index (χ4n) is 2.19. The Morgan fingerprint density at radius 3 is 2.44 bits per heavy atom. The summed E-state index contributed by atoms with van der Waals surface area (Å²) in [6.07, 6.45) is 3.36. The molecule has 3 aromatic rings. The first-order chi connectivity index (χ1) is 12.1. The summed E-state index contributed by atoms with van der Waals surface area (Å²) in [5.41, 5.74) is 1.78. The largest absolute Gasteiger partial charge is 0.322 e. The molecular formula is C20H14BrNO2S. The lowest BCUT2D eigenvalue weighted by Gasteiger charge is -2.06. The SMILES string of the molecule is O=C(/C=C/c1cccs1)c1ccc(NC(=O)c2cccc(Br)c2)cc1. The zero-order valence-electron chi connectivity index (χ0n) is 13.1. The van der Waals surface area contributed by atoms with E-state index >= 15 is 0 Å². The molecule has 1 N–H and O–H groups in total. The molecule has 0 fully saturated rings. The van der Waals surface area contributed by atoms with Crippen LogP contribution in [0.15, 0.2) is 76.6 Å². The number of ketones is 1. The van der Waals surface area contributed by atoms with Gasteiger partial charge in [-0.15, -0.1) is 11.3 Å². The van der Waals surface area contributed by atoms with Crippen molar-refractivity contribution in [3.05, 3.63) is 92.6 Å². The Kier molecular flexibility index (Phi) is 5.58.